The van der Waals surface area contributed by atoms with E-state index in [-0.39, 0.29) is 5.82 Å². The maximum Gasteiger partial charge on any atom is 0.141 e. The van der Waals surface area contributed by atoms with Crippen molar-refractivity contribution in [3.63, 3.8) is 0 Å². The zero-order chi connectivity index (χ0) is 15.1. The molecule has 0 aliphatic carbocycles. The summed E-state index contributed by atoms with van der Waals surface area (Å²) < 4.78 is 12.0. The first-order valence-corrected chi connectivity index (χ1v) is 6.64. The average molecular weight is 264 g/mol. The van der Waals surface area contributed by atoms with E-state index >= 15 is 0 Å². The Labute approximate surface area is 116 Å². The van der Waals surface area contributed by atoms with Crippen LogP contribution < -0.4 is 0 Å². The predicted molar refractivity (Wildman–Crippen MR) is 80.6 cm³/mol. The highest BCUT2D eigenvalue weighted by atomic mass is 19.1. The zero-order valence-electron chi connectivity index (χ0n) is 12.8. The molecule has 0 N–H and O–H groups in total. The van der Waals surface area contributed by atoms with Crippen LogP contribution in [0.3, 0.4) is 0 Å². The zero-order valence-corrected chi connectivity index (χ0v) is 12.8. The number of halogens is 1. The number of hydrogen-bond donors (Lipinski definition) is 0. The Bertz CT molecular complexity index is 364. The van der Waals surface area contributed by atoms with Gasteiger partial charge in [-0.05, 0) is 38.1 Å². The van der Waals surface area contributed by atoms with Crippen LogP contribution in [0.2, 0.25) is 0 Å². The van der Waals surface area contributed by atoms with E-state index in [4.69, 9.17) is 0 Å². The van der Waals surface area contributed by atoms with Crippen molar-refractivity contribution in [2.45, 2.75) is 41.5 Å². The first-order valence-electron chi connectivity index (χ1n) is 6.64. The summed E-state index contributed by atoms with van der Waals surface area (Å²) >= 11 is 0. The van der Waals surface area contributed by atoms with Gasteiger partial charge in [0.15, 0.2) is 0 Å². The van der Waals surface area contributed by atoms with Crippen LogP contribution in [0.5, 0.6) is 0 Å². The minimum absolute atomic E-state index is 0.282. The van der Waals surface area contributed by atoms with Crippen LogP contribution in [-0.2, 0) is 0 Å². The van der Waals surface area contributed by atoms with Crippen molar-refractivity contribution >= 4 is 0 Å². The van der Waals surface area contributed by atoms with E-state index in [0.29, 0.717) is 0 Å². The Morgan fingerprint density at radius 2 is 1.37 bits per heavy atom. The molecule has 0 saturated heterocycles. The van der Waals surface area contributed by atoms with Crippen LogP contribution in [-0.4, -0.2) is 9.97 Å². The Morgan fingerprint density at radius 1 is 0.789 bits per heavy atom. The Kier molecular flexibility index (Phi) is 14.7. The van der Waals surface area contributed by atoms with Gasteiger partial charge in [0.2, 0.25) is 0 Å². The third-order valence-electron chi connectivity index (χ3n) is 1.69. The second-order valence-electron chi connectivity index (χ2n) is 3.09. The van der Waals surface area contributed by atoms with Gasteiger partial charge >= 0.3 is 0 Å². The second-order valence-corrected chi connectivity index (χ2v) is 3.09. The van der Waals surface area contributed by atoms with Crippen LogP contribution in [0, 0.1) is 19.7 Å². The largest absolute Gasteiger partial charge is 0.262 e. The number of hydrogen-bond acceptors (Lipinski definition) is 2. The van der Waals surface area contributed by atoms with Gasteiger partial charge in [-0.25, -0.2) is 4.39 Å². The SMILES string of the molecule is CC.CC.Cc1ccc(F)cn1.Cc1ccccn1. The molecule has 0 aromatic carbocycles. The molecule has 0 unspecified atom stereocenters. The third kappa shape index (κ3) is 12.5. The summed E-state index contributed by atoms with van der Waals surface area (Å²) in [7, 11) is 0. The van der Waals surface area contributed by atoms with E-state index in [9.17, 15) is 4.39 Å². The summed E-state index contributed by atoms with van der Waals surface area (Å²) in [6.45, 7) is 11.8. The predicted octanol–water partition coefficient (Wildman–Crippen LogP) is 4.97. The number of rotatable bonds is 0. The van der Waals surface area contributed by atoms with Gasteiger partial charge < -0.3 is 0 Å². The topological polar surface area (TPSA) is 25.8 Å². The first-order chi connectivity index (χ1) is 9.18. The maximum atomic E-state index is 12.0. The fourth-order valence-electron chi connectivity index (χ4n) is 0.898. The standard InChI is InChI=1S/C6H6FN.C6H7N.2C2H6/c1-5-2-3-6(7)4-8-5;1-6-4-2-3-5-7-6;2*1-2/h2-4H,1H3;2-5H,1H3;2*1-2H3. The van der Waals surface area contributed by atoms with Crippen molar-refractivity contribution in [1.29, 1.82) is 0 Å². The smallest absolute Gasteiger partial charge is 0.141 e. The van der Waals surface area contributed by atoms with Crippen molar-refractivity contribution in [3.8, 4) is 0 Å². The van der Waals surface area contributed by atoms with Gasteiger partial charge in [0.25, 0.3) is 0 Å². The summed E-state index contributed by atoms with van der Waals surface area (Å²) in [4.78, 5) is 7.68. The van der Waals surface area contributed by atoms with E-state index in [2.05, 4.69) is 9.97 Å². The monoisotopic (exact) mass is 264 g/mol. The van der Waals surface area contributed by atoms with E-state index in [0.717, 1.165) is 11.4 Å². The Hall–Kier alpha value is -1.77. The third-order valence-corrected chi connectivity index (χ3v) is 1.69. The molecule has 0 fully saturated rings. The van der Waals surface area contributed by atoms with Crippen molar-refractivity contribution in [3.05, 3.63) is 59.9 Å². The molecule has 0 amide bonds. The quantitative estimate of drug-likeness (QED) is 0.671. The minimum atomic E-state index is -0.282. The molecule has 0 aliphatic heterocycles. The fraction of sp³-hybridized carbons (Fsp3) is 0.375. The highest BCUT2D eigenvalue weighted by molar-refractivity contribution is 5.02. The molecule has 19 heavy (non-hydrogen) atoms. The molecule has 106 valence electrons. The van der Waals surface area contributed by atoms with Crippen LogP contribution in [0.1, 0.15) is 39.1 Å². The lowest BCUT2D eigenvalue weighted by Gasteiger charge is -1.86. The van der Waals surface area contributed by atoms with Crippen molar-refractivity contribution < 1.29 is 4.39 Å². The van der Waals surface area contributed by atoms with E-state index in [1.54, 1.807) is 12.3 Å². The van der Waals surface area contributed by atoms with Crippen molar-refractivity contribution in [1.82, 2.24) is 9.97 Å². The lowest BCUT2D eigenvalue weighted by molar-refractivity contribution is 0.620. The van der Waals surface area contributed by atoms with Gasteiger partial charge in [0, 0.05) is 17.6 Å². The number of aryl methyl sites for hydroxylation is 2. The molecule has 2 nitrogen and oxygen atoms in total. The van der Waals surface area contributed by atoms with Gasteiger partial charge in [0.1, 0.15) is 5.82 Å². The molecular weight excluding hydrogens is 239 g/mol. The summed E-state index contributed by atoms with van der Waals surface area (Å²) in [5.74, 6) is -0.282. The molecule has 0 saturated carbocycles. The summed E-state index contributed by atoms with van der Waals surface area (Å²) in [5, 5.41) is 0. The van der Waals surface area contributed by atoms with Crippen LogP contribution >= 0.6 is 0 Å². The number of nitrogens with zero attached hydrogens (tertiary/aromatic N) is 2. The molecule has 3 heteroatoms. The van der Waals surface area contributed by atoms with E-state index < -0.39 is 0 Å². The molecule has 0 bridgehead atoms. The van der Waals surface area contributed by atoms with E-state index in [1.165, 1.54) is 12.3 Å². The van der Waals surface area contributed by atoms with Crippen molar-refractivity contribution in [2.24, 2.45) is 0 Å². The van der Waals surface area contributed by atoms with Gasteiger partial charge in [-0.1, -0.05) is 33.8 Å². The summed E-state index contributed by atoms with van der Waals surface area (Å²) in [5.41, 5.74) is 1.91. The molecule has 2 heterocycles. The molecule has 2 aromatic heterocycles. The maximum absolute atomic E-state index is 12.0. The molecule has 0 spiro atoms. The first kappa shape index (κ1) is 19.6. The summed E-state index contributed by atoms with van der Waals surface area (Å²) in [6, 6.07) is 8.88. The molecule has 2 aromatic rings. The molecule has 0 aliphatic rings. The molecule has 0 radical (unpaired) electrons. The Morgan fingerprint density at radius 3 is 1.63 bits per heavy atom. The van der Waals surface area contributed by atoms with Gasteiger partial charge in [-0.2, -0.15) is 0 Å². The fourth-order valence-corrected chi connectivity index (χ4v) is 0.898. The van der Waals surface area contributed by atoms with Gasteiger partial charge in [0.05, 0.1) is 6.20 Å². The number of pyridine rings is 2. The average Bonchev–Trinajstić information content (AvgIpc) is 2.48. The lowest BCUT2D eigenvalue weighted by atomic mass is 10.4. The highest BCUT2D eigenvalue weighted by Crippen LogP contribution is 1.94. The summed E-state index contributed by atoms with van der Waals surface area (Å²) in [6.07, 6.45) is 2.99. The highest BCUT2D eigenvalue weighted by Gasteiger charge is 1.84. The Balaban J connectivity index is 0. The number of aromatic nitrogens is 2. The van der Waals surface area contributed by atoms with Crippen LogP contribution in [0.4, 0.5) is 4.39 Å². The van der Waals surface area contributed by atoms with Crippen LogP contribution in [0.15, 0.2) is 42.7 Å². The molecular formula is C16H25FN2. The van der Waals surface area contributed by atoms with E-state index in [1.807, 2.05) is 59.7 Å². The van der Waals surface area contributed by atoms with Crippen LogP contribution in [0.25, 0.3) is 0 Å². The van der Waals surface area contributed by atoms with Gasteiger partial charge in [-0.3, -0.25) is 9.97 Å². The molecule has 0 atom stereocenters. The van der Waals surface area contributed by atoms with Gasteiger partial charge in [-0.15, -0.1) is 0 Å². The lowest BCUT2D eigenvalue weighted by Crippen LogP contribution is -1.79. The normalized spacial score (nSPS) is 7.74. The van der Waals surface area contributed by atoms with Crippen molar-refractivity contribution in [2.75, 3.05) is 0 Å². The second kappa shape index (κ2) is 14.3. The molecule has 2 rings (SSSR count). The minimum Gasteiger partial charge on any atom is -0.262 e.